The van der Waals surface area contributed by atoms with Gasteiger partial charge in [0.05, 0.1) is 0 Å². The van der Waals surface area contributed by atoms with Gasteiger partial charge >= 0.3 is 0 Å². The van der Waals surface area contributed by atoms with Crippen LogP contribution in [0.4, 0.5) is 5.69 Å². The Bertz CT molecular complexity index is 719. The number of hydrogen-bond donors (Lipinski definition) is 2. The Balaban J connectivity index is 1.70. The smallest absolute Gasteiger partial charge is 0.255 e. The van der Waals surface area contributed by atoms with Gasteiger partial charge in [-0.2, -0.15) is 0 Å². The Kier molecular flexibility index (Phi) is 7.49. The summed E-state index contributed by atoms with van der Waals surface area (Å²) in [7, 11) is 2.06. The monoisotopic (exact) mass is 355 g/mol. The zero-order valence-corrected chi connectivity index (χ0v) is 15.0. The number of unbranched alkanes of at least 4 members (excludes halogenated alkanes) is 1. The first kappa shape index (κ1) is 19.3. The van der Waals surface area contributed by atoms with Gasteiger partial charge in [-0.3, -0.25) is 9.59 Å². The van der Waals surface area contributed by atoms with Crippen LogP contribution in [0.2, 0.25) is 0 Å². The maximum atomic E-state index is 12.2. The minimum atomic E-state index is -0.555. The highest BCUT2D eigenvalue weighted by Gasteiger charge is 2.07. The van der Waals surface area contributed by atoms with Crippen molar-refractivity contribution >= 4 is 17.5 Å². The minimum absolute atomic E-state index is 0.161. The molecule has 0 bridgehead atoms. The van der Waals surface area contributed by atoms with Crippen molar-refractivity contribution in [2.75, 3.05) is 31.6 Å². The summed E-state index contributed by atoms with van der Waals surface area (Å²) in [5.41, 5.74) is 6.72. The number of carbonyl (C=O) groups is 2. The quantitative estimate of drug-likeness (QED) is 0.640. The molecule has 26 heavy (non-hydrogen) atoms. The number of benzene rings is 2. The third-order valence-electron chi connectivity index (χ3n) is 3.88. The molecule has 2 rings (SSSR count). The van der Waals surface area contributed by atoms with Crippen molar-refractivity contribution in [1.82, 2.24) is 5.32 Å². The molecule has 3 N–H and O–H groups in total. The molecular formula is C20H25N3O3. The number of nitrogens with two attached hydrogens (primary N) is 1. The van der Waals surface area contributed by atoms with Crippen molar-refractivity contribution in [2.24, 2.45) is 5.73 Å². The molecule has 0 spiro atoms. The summed E-state index contributed by atoms with van der Waals surface area (Å²) in [6.07, 6.45) is 1.87. The van der Waals surface area contributed by atoms with Crippen LogP contribution in [0, 0.1) is 0 Å². The molecule has 0 heterocycles. The fourth-order valence-corrected chi connectivity index (χ4v) is 2.47. The van der Waals surface area contributed by atoms with Crippen LogP contribution >= 0.6 is 0 Å². The average Bonchev–Trinajstić information content (AvgIpc) is 2.66. The summed E-state index contributed by atoms with van der Waals surface area (Å²) in [4.78, 5) is 25.1. The van der Waals surface area contributed by atoms with Gasteiger partial charge in [0.15, 0.2) is 6.61 Å². The predicted octanol–water partition coefficient (Wildman–Crippen LogP) is 2.20. The van der Waals surface area contributed by atoms with Crippen LogP contribution in [0.15, 0.2) is 54.6 Å². The van der Waals surface area contributed by atoms with Gasteiger partial charge < -0.3 is 20.7 Å². The van der Waals surface area contributed by atoms with E-state index >= 15 is 0 Å². The second kappa shape index (κ2) is 10.1. The van der Waals surface area contributed by atoms with Crippen LogP contribution in [0.5, 0.6) is 5.75 Å². The number of amides is 2. The van der Waals surface area contributed by atoms with E-state index in [-0.39, 0.29) is 12.5 Å². The van der Waals surface area contributed by atoms with Crippen molar-refractivity contribution < 1.29 is 14.3 Å². The van der Waals surface area contributed by atoms with Gasteiger partial charge in [-0.25, -0.2) is 0 Å². The van der Waals surface area contributed by atoms with Crippen molar-refractivity contribution in [3.8, 4) is 5.75 Å². The number of carbonyl (C=O) groups excluding carboxylic acids is 2. The highest BCUT2D eigenvalue weighted by atomic mass is 16.5. The van der Waals surface area contributed by atoms with Crippen molar-refractivity contribution in [1.29, 1.82) is 0 Å². The van der Waals surface area contributed by atoms with Gasteiger partial charge in [0.1, 0.15) is 5.75 Å². The van der Waals surface area contributed by atoms with Crippen molar-refractivity contribution in [2.45, 2.75) is 12.8 Å². The van der Waals surface area contributed by atoms with Crippen LogP contribution in [-0.4, -0.2) is 38.6 Å². The van der Waals surface area contributed by atoms with E-state index in [0.29, 0.717) is 17.9 Å². The number of nitrogens with one attached hydrogen (secondary N) is 1. The molecule has 0 unspecified atom stereocenters. The highest BCUT2D eigenvalue weighted by Crippen LogP contribution is 2.13. The van der Waals surface area contributed by atoms with Gasteiger partial charge in [-0.1, -0.05) is 24.3 Å². The Morgan fingerprint density at radius 1 is 1.08 bits per heavy atom. The largest absolute Gasteiger partial charge is 0.484 e. The molecule has 0 aliphatic carbocycles. The number of para-hydroxylation sites is 1. The maximum Gasteiger partial charge on any atom is 0.255 e. The average molecular weight is 355 g/mol. The molecule has 0 radical (unpaired) electrons. The van der Waals surface area contributed by atoms with Gasteiger partial charge in [-0.05, 0) is 43.2 Å². The van der Waals surface area contributed by atoms with E-state index in [0.717, 1.165) is 19.4 Å². The molecule has 2 aromatic carbocycles. The van der Waals surface area contributed by atoms with E-state index in [1.807, 2.05) is 18.2 Å². The van der Waals surface area contributed by atoms with Crippen molar-refractivity contribution in [3.05, 3.63) is 60.2 Å². The Labute approximate surface area is 153 Å². The lowest BCUT2D eigenvalue weighted by Gasteiger charge is -2.19. The fraction of sp³-hybridized carbons (Fsp3) is 0.300. The second-order valence-corrected chi connectivity index (χ2v) is 6.00. The molecule has 6 heteroatoms. The predicted molar refractivity (Wildman–Crippen MR) is 102 cm³/mol. The maximum absolute atomic E-state index is 12.2. The normalized spacial score (nSPS) is 10.2. The molecule has 0 aliphatic rings. The summed E-state index contributed by atoms with van der Waals surface area (Å²) in [5, 5.41) is 2.90. The van der Waals surface area contributed by atoms with Crippen LogP contribution in [0.1, 0.15) is 23.2 Å². The lowest BCUT2D eigenvalue weighted by molar-refractivity contribution is -0.119. The van der Waals surface area contributed by atoms with Gasteiger partial charge in [-0.15, -0.1) is 0 Å². The van der Waals surface area contributed by atoms with E-state index in [9.17, 15) is 9.59 Å². The lowest BCUT2D eigenvalue weighted by atomic mass is 10.2. The number of ether oxygens (including phenoxy) is 1. The SMILES string of the molecule is CN(CCCCNC(=O)c1cccc(OCC(N)=O)c1)c1ccccc1. The van der Waals surface area contributed by atoms with Crippen LogP contribution < -0.4 is 20.7 Å². The fourth-order valence-electron chi connectivity index (χ4n) is 2.47. The Morgan fingerprint density at radius 3 is 2.58 bits per heavy atom. The van der Waals surface area contributed by atoms with E-state index < -0.39 is 5.91 Å². The molecule has 0 aliphatic heterocycles. The number of hydrogen-bond acceptors (Lipinski definition) is 4. The number of nitrogens with zero attached hydrogens (tertiary/aromatic N) is 1. The van der Waals surface area contributed by atoms with E-state index in [4.69, 9.17) is 10.5 Å². The summed E-state index contributed by atoms with van der Waals surface area (Å²) in [5.74, 6) is -0.271. The first-order valence-electron chi connectivity index (χ1n) is 8.62. The first-order valence-corrected chi connectivity index (χ1v) is 8.62. The summed E-state index contributed by atoms with van der Waals surface area (Å²) in [6, 6.07) is 16.9. The molecule has 0 atom stereocenters. The van der Waals surface area contributed by atoms with Gasteiger partial charge in [0.25, 0.3) is 11.8 Å². The molecular weight excluding hydrogens is 330 g/mol. The number of rotatable bonds is 10. The number of anilines is 1. The first-order chi connectivity index (χ1) is 12.6. The molecule has 0 fully saturated rings. The zero-order valence-electron chi connectivity index (χ0n) is 15.0. The van der Waals surface area contributed by atoms with Crippen LogP contribution in [-0.2, 0) is 4.79 Å². The summed E-state index contributed by atoms with van der Waals surface area (Å²) in [6.45, 7) is 1.32. The third-order valence-corrected chi connectivity index (χ3v) is 3.88. The molecule has 138 valence electrons. The van der Waals surface area contributed by atoms with E-state index in [1.165, 1.54) is 5.69 Å². The van der Waals surface area contributed by atoms with E-state index in [2.05, 4.69) is 29.4 Å². The number of primary amides is 1. The minimum Gasteiger partial charge on any atom is -0.484 e. The standard InChI is InChI=1S/C20H25N3O3/c1-23(17-9-3-2-4-10-17)13-6-5-12-22-20(25)16-8-7-11-18(14-16)26-15-19(21)24/h2-4,7-11,14H,5-6,12-13,15H2,1H3,(H2,21,24)(H,22,25). The molecule has 2 aromatic rings. The topological polar surface area (TPSA) is 84.7 Å². The molecule has 0 saturated carbocycles. The summed E-state index contributed by atoms with van der Waals surface area (Å²) >= 11 is 0. The van der Waals surface area contributed by atoms with Crippen LogP contribution in [0.25, 0.3) is 0 Å². The second-order valence-electron chi connectivity index (χ2n) is 6.00. The molecule has 0 saturated heterocycles. The Morgan fingerprint density at radius 2 is 1.85 bits per heavy atom. The van der Waals surface area contributed by atoms with Gasteiger partial charge in [0.2, 0.25) is 0 Å². The summed E-state index contributed by atoms with van der Waals surface area (Å²) < 4.78 is 5.21. The third kappa shape index (κ3) is 6.47. The van der Waals surface area contributed by atoms with Gasteiger partial charge in [0, 0.05) is 31.4 Å². The van der Waals surface area contributed by atoms with Crippen LogP contribution in [0.3, 0.4) is 0 Å². The van der Waals surface area contributed by atoms with E-state index in [1.54, 1.807) is 24.3 Å². The molecule has 2 amide bonds. The molecule has 0 aromatic heterocycles. The zero-order chi connectivity index (χ0) is 18.8. The molecule has 6 nitrogen and oxygen atoms in total. The highest BCUT2D eigenvalue weighted by molar-refractivity contribution is 5.94. The van der Waals surface area contributed by atoms with Crippen molar-refractivity contribution in [3.63, 3.8) is 0 Å². The Hall–Kier alpha value is -3.02. The lowest BCUT2D eigenvalue weighted by Crippen LogP contribution is -2.26.